The molecule has 1 heteroatoms. The lowest BCUT2D eigenvalue weighted by molar-refractivity contribution is -0.179. The van der Waals surface area contributed by atoms with Crippen LogP contribution in [0.4, 0.5) is 0 Å². The number of aryl methyl sites for hydroxylation is 1. The normalized spacial score (nSPS) is 32.2. The first-order valence-electron chi connectivity index (χ1n) is 9.43. The van der Waals surface area contributed by atoms with Crippen LogP contribution in [0.5, 0.6) is 0 Å². The van der Waals surface area contributed by atoms with Crippen molar-refractivity contribution in [2.24, 2.45) is 11.8 Å². The molecule has 0 N–H and O–H groups in total. The lowest BCUT2D eigenvalue weighted by Gasteiger charge is -2.51. The van der Waals surface area contributed by atoms with Gasteiger partial charge >= 0.3 is 0 Å². The minimum Gasteiger partial charge on any atom is -0.366 e. The minimum atomic E-state index is -0.0186. The lowest BCUT2D eigenvalue weighted by Crippen LogP contribution is -2.47. The molecule has 130 valence electrons. The van der Waals surface area contributed by atoms with Crippen molar-refractivity contribution < 1.29 is 4.74 Å². The molecule has 2 aliphatic rings. The van der Waals surface area contributed by atoms with Crippen molar-refractivity contribution in [3.8, 4) is 0 Å². The third-order valence-corrected chi connectivity index (χ3v) is 6.07. The molecule has 1 aromatic carbocycles. The van der Waals surface area contributed by atoms with Gasteiger partial charge in [-0.25, -0.2) is 0 Å². The van der Waals surface area contributed by atoms with E-state index >= 15 is 0 Å². The summed E-state index contributed by atoms with van der Waals surface area (Å²) in [5.74, 6) is 1.20. The Labute approximate surface area is 147 Å². The molecule has 0 aromatic heterocycles. The fourth-order valence-electron chi connectivity index (χ4n) is 4.36. The molecule has 0 spiro atoms. The van der Waals surface area contributed by atoms with Gasteiger partial charge in [-0.2, -0.15) is 0 Å². The second-order valence-electron chi connectivity index (χ2n) is 8.30. The molecule has 0 amide bonds. The van der Waals surface area contributed by atoms with Gasteiger partial charge in [0.05, 0.1) is 11.7 Å². The molecule has 24 heavy (non-hydrogen) atoms. The zero-order valence-electron chi connectivity index (χ0n) is 15.9. The Kier molecular flexibility index (Phi) is 5.01. The van der Waals surface area contributed by atoms with Crippen molar-refractivity contribution in [1.29, 1.82) is 0 Å². The predicted octanol–water partition coefficient (Wildman–Crippen LogP) is 6.54. The maximum absolute atomic E-state index is 6.85. The maximum Gasteiger partial charge on any atom is 0.0897 e. The van der Waals surface area contributed by atoms with Crippen LogP contribution in [0.15, 0.2) is 47.6 Å². The van der Waals surface area contributed by atoms with Crippen LogP contribution in [0.3, 0.4) is 0 Å². The molecule has 1 aliphatic carbocycles. The Morgan fingerprint density at radius 3 is 2.58 bits per heavy atom. The fraction of sp³-hybridized carbons (Fsp3) is 0.565. The van der Waals surface area contributed by atoms with Crippen molar-refractivity contribution >= 4 is 0 Å². The van der Waals surface area contributed by atoms with Crippen LogP contribution in [0.1, 0.15) is 70.6 Å². The van der Waals surface area contributed by atoms with Crippen LogP contribution >= 0.6 is 0 Å². The number of rotatable bonds is 4. The van der Waals surface area contributed by atoms with Gasteiger partial charge in [0.25, 0.3) is 0 Å². The van der Waals surface area contributed by atoms with Crippen molar-refractivity contribution in [2.45, 2.75) is 72.0 Å². The van der Waals surface area contributed by atoms with Crippen molar-refractivity contribution in [3.05, 3.63) is 58.7 Å². The Morgan fingerprint density at radius 2 is 1.92 bits per heavy atom. The van der Waals surface area contributed by atoms with E-state index in [1.165, 1.54) is 35.1 Å². The second kappa shape index (κ2) is 6.88. The van der Waals surface area contributed by atoms with Crippen molar-refractivity contribution in [3.63, 3.8) is 0 Å². The van der Waals surface area contributed by atoms with Crippen LogP contribution in [0.25, 0.3) is 0 Å². The van der Waals surface area contributed by atoms with Crippen LogP contribution < -0.4 is 0 Å². The summed E-state index contributed by atoms with van der Waals surface area (Å²) in [4.78, 5) is 0. The van der Waals surface area contributed by atoms with Crippen LogP contribution in [-0.2, 0) is 4.74 Å². The van der Waals surface area contributed by atoms with Gasteiger partial charge in [0.2, 0.25) is 0 Å². The molecule has 1 aromatic rings. The molecule has 1 aliphatic heterocycles. The summed E-state index contributed by atoms with van der Waals surface area (Å²) in [5, 5.41) is 0. The number of fused-ring (bicyclic) bond motifs is 2. The number of benzene rings is 1. The first-order chi connectivity index (χ1) is 11.4. The molecule has 1 saturated heterocycles. The molecule has 4 atom stereocenters. The Hall–Kier alpha value is -1.34. The molecular formula is C23H32O. The average Bonchev–Trinajstić information content (AvgIpc) is 2.53. The maximum atomic E-state index is 6.85. The monoisotopic (exact) mass is 324 g/mol. The van der Waals surface area contributed by atoms with Crippen LogP contribution in [0, 0.1) is 18.8 Å². The quantitative estimate of drug-likeness (QED) is 0.571. The summed E-state index contributed by atoms with van der Waals surface area (Å²) in [6.07, 6.45) is 9.71. The Balaban J connectivity index is 1.88. The molecule has 1 nitrogen and oxygen atoms in total. The van der Waals surface area contributed by atoms with E-state index in [4.69, 9.17) is 4.74 Å². The summed E-state index contributed by atoms with van der Waals surface area (Å²) >= 11 is 0. The van der Waals surface area contributed by atoms with Crippen LogP contribution in [-0.4, -0.2) is 5.60 Å². The molecule has 1 heterocycles. The highest BCUT2D eigenvalue weighted by Gasteiger charge is 2.47. The van der Waals surface area contributed by atoms with E-state index < -0.39 is 0 Å². The number of hydrogen-bond acceptors (Lipinski definition) is 1. The van der Waals surface area contributed by atoms with Gasteiger partial charge in [-0.15, -0.1) is 0 Å². The third kappa shape index (κ3) is 3.52. The summed E-state index contributed by atoms with van der Waals surface area (Å²) < 4.78 is 6.85. The topological polar surface area (TPSA) is 9.23 Å². The third-order valence-electron chi connectivity index (χ3n) is 6.07. The molecule has 3 rings (SSSR count). The van der Waals surface area contributed by atoms with Gasteiger partial charge < -0.3 is 4.74 Å². The summed E-state index contributed by atoms with van der Waals surface area (Å²) in [5.41, 5.74) is 5.56. The van der Waals surface area contributed by atoms with Gasteiger partial charge in [-0.3, -0.25) is 0 Å². The van der Waals surface area contributed by atoms with Gasteiger partial charge in [0.1, 0.15) is 0 Å². The van der Waals surface area contributed by atoms with Gasteiger partial charge in [0, 0.05) is 5.92 Å². The van der Waals surface area contributed by atoms with E-state index in [0.29, 0.717) is 11.8 Å². The summed E-state index contributed by atoms with van der Waals surface area (Å²) in [6, 6.07) is 8.96. The van der Waals surface area contributed by atoms with E-state index in [9.17, 15) is 0 Å². The molecular weight excluding hydrogens is 292 g/mol. The SMILES string of the molecule is CC(C)=CCCC1(C)OC(c2ccc(C)cc2)C2CC1CC=C2C. The zero-order valence-corrected chi connectivity index (χ0v) is 15.9. The molecule has 0 saturated carbocycles. The number of hydrogen-bond donors (Lipinski definition) is 0. The lowest BCUT2D eigenvalue weighted by atomic mass is 9.67. The summed E-state index contributed by atoms with van der Waals surface area (Å²) in [7, 11) is 0. The highest BCUT2D eigenvalue weighted by atomic mass is 16.5. The predicted molar refractivity (Wildman–Crippen MR) is 102 cm³/mol. The largest absolute Gasteiger partial charge is 0.366 e. The van der Waals surface area contributed by atoms with Gasteiger partial charge in [-0.1, -0.05) is 53.1 Å². The molecule has 2 bridgehead atoms. The fourth-order valence-corrected chi connectivity index (χ4v) is 4.36. The van der Waals surface area contributed by atoms with Crippen molar-refractivity contribution in [2.75, 3.05) is 0 Å². The minimum absolute atomic E-state index is 0.0186. The molecule has 4 unspecified atom stereocenters. The number of ether oxygens (including phenoxy) is 1. The van der Waals surface area contributed by atoms with E-state index in [1.807, 2.05) is 0 Å². The van der Waals surface area contributed by atoms with E-state index in [1.54, 1.807) is 0 Å². The highest BCUT2D eigenvalue weighted by molar-refractivity contribution is 5.28. The van der Waals surface area contributed by atoms with E-state index in [2.05, 4.69) is 71.0 Å². The van der Waals surface area contributed by atoms with Crippen LogP contribution in [0.2, 0.25) is 0 Å². The van der Waals surface area contributed by atoms with Crippen molar-refractivity contribution in [1.82, 2.24) is 0 Å². The molecule has 0 radical (unpaired) electrons. The van der Waals surface area contributed by atoms with Gasteiger partial charge in [0.15, 0.2) is 0 Å². The van der Waals surface area contributed by atoms with E-state index in [-0.39, 0.29) is 11.7 Å². The summed E-state index contributed by atoms with van der Waals surface area (Å²) in [6.45, 7) is 11.2. The first-order valence-corrected chi connectivity index (χ1v) is 9.43. The first kappa shape index (κ1) is 17.5. The standard InChI is InChI=1S/C23H32O/c1-16(2)7-6-14-23(5)20-13-10-18(4)21(15-20)22(24-23)19-11-8-17(3)9-12-19/h7-12,20-22H,6,13-15H2,1-5H3. The van der Waals surface area contributed by atoms with E-state index in [0.717, 1.165) is 12.8 Å². The highest BCUT2D eigenvalue weighted by Crippen LogP contribution is 2.52. The molecule has 1 fully saturated rings. The van der Waals surface area contributed by atoms with Gasteiger partial charge in [-0.05, 0) is 71.8 Å². The Morgan fingerprint density at radius 1 is 1.21 bits per heavy atom. The number of allylic oxidation sites excluding steroid dienone is 3. The smallest absolute Gasteiger partial charge is 0.0897 e. The zero-order chi connectivity index (χ0) is 17.3. The second-order valence-corrected chi connectivity index (χ2v) is 8.30. The average molecular weight is 325 g/mol. The Bertz CT molecular complexity index is 633.